The molecule has 2 aliphatic heterocycles. The molecule has 3 heterocycles. The predicted octanol–water partition coefficient (Wildman–Crippen LogP) is 7.01. The van der Waals surface area contributed by atoms with Crippen molar-refractivity contribution in [1.29, 1.82) is 0 Å². The molecule has 0 radical (unpaired) electrons. The van der Waals surface area contributed by atoms with E-state index in [9.17, 15) is 9.59 Å². The van der Waals surface area contributed by atoms with Crippen molar-refractivity contribution in [2.75, 3.05) is 5.32 Å². The third-order valence-electron chi connectivity index (χ3n) is 8.32. The Morgan fingerprint density at radius 2 is 1.93 bits per heavy atom. The van der Waals surface area contributed by atoms with Crippen LogP contribution in [0.4, 0.5) is 5.69 Å². The number of aromatic nitrogens is 2. The highest BCUT2D eigenvalue weighted by molar-refractivity contribution is 9.10. The fourth-order valence-electron chi connectivity index (χ4n) is 6.49. The first-order chi connectivity index (χ1) is 19.1. The maximum atomic E-state index is 14.4. The number of rotatable bonds is 4. The number of ether oxygens (including phenoxy) is 1. The minimum absolute atomic E-state index is 0.141. The van der Waals surface area contributed by atoms with Crippen LogP contribution in [0.25, 0.3) is 0 Å². The maximum absolute atomic E-state index is 14.4. The van der Waals surface area contributed by atoms with Crippen molar-refractivity contribution in [3.05, 3.63) is 91.7 Å². The molecule has 2 amide bonds. The van der Waals surface area contributed by atoms with Gasteiger partial charge in [-0.3, -0.25) is 14.3 Å². The van der Waals surface area contributed by atoms with Gasteiger partial charge in [-0.25, -0.2) is 0 Å². The van der Waals surface area contributed by atoms with E-state index in [0.29, 0.717) is 39.2 Å². The van der Waals surface area contributed by atoms with E-state index < -0.39 is 11.5 Å². The Morgan fingerprint density at radius 1 is 1.12 bits per heavy atom. The summed E-state index contributed by atoms with van der Waals surface area (Å²) in [6.45, 7) is 3.82. The Hall–Kier alpha value is -3.07. The molecule has 2 aromatic carbocycles. The van der Waals surface area contributed by atoms with Gasteiger partial charge in [-0.15, -0.1) is 0 Å². The van der Waals surface area contributed by atoms with Gasteiger partial charge in [-0.2, -0.15) is 5.10 Å². The van der Waals surface area contributed by atoms with E-state index in [-0.39, 0.29) is 30.1 Å². The number of aryl methyl sites for hydroxylation is 2. The number of fused-ring (bicyclic) bond motifs is 2. The summed E-state index contributed by atoms with van der Waals surface area (Å²) >= 11 is 16.5. The Kier molecular flexibility index (Phi) is 6.84. The van der Waals surface area contributed by atoms with Gasteiger partial charge in [0.15, 0.2) is 5.75 Å². The Balaban J connectivity index is 1.58. The number of carbonyl (C=O) groups is 2. The second-order valence-corrected chi connectivity index (χ2v) is 12.4. The van der Waals surface area contributed by atoms with E-state index in [0.717, 1.165) is 21.4 Å². The lowest BCUT2D eigenvalue weighted by molar-refractivity contribution is -0.135. The molecule has 2 N–H and O–H groups in total. The number of hydrogen-bond acceptors (Lipinski definition) is 4. The standard InChI is InChI=1S/C30H27BrCl2N4O3/c1-15-27(16(2)37(3)36-15)40-25-10-7-18(31)12-21(25)28-30(22-9-8-20(33)13-24(22)34-29(30)39)23(14-26(38)35-28)17-5-4-6-19(32)11-17/h4-10,12-13,17,23,28H,11,14H2,1-3H3,(H,34,39)(H,35,38)/t17?,23-,28+,30-/m0/s1. The fraction of sp³-hybridized carbons (Fsp3) is 0.300. The molecule has 1 spiro atoms. The second kappa shape index (κ2) is 10.1. The molecular formula is C30H27BrCl2N4O3. The molecule has 1 fully saturated rings. The number of piperidine rings is 1. The first-order valence-corrected chi connectivity index (χ1v) is 14.6. The summed E-state index contributed by atoms with van der Waals surface area (Å²) in [5.74, 6) is 0.293. The zero-order valence-electron chi connectivity index (χ0n) is 22.1. The molecular weight excluding hydrogens is 615 g/mol. The van der Waals surface area contributed by atoms with Crippen LogP contribution in [0.2, 0.25) is 5.02 Å². The van der Waals surface area contributed by atoms with E-state index >= 15 is 0 Å². The average Bonchev–Trinajstić information content (AvgIpc) is 3.32. The summed E-state index contributed by atoms with van der Waals surface area (Å²) in [7, 11) is 1.86. The van der Waals surface area contributed by atoms with Crippen LogP contribution >= 0.6 is 39.1 Å². The molecule has 3 aliphatic rings. The summed E-state index contributed by atoms with van der Waals surface area (Å²) in [5.41, 5.74) is 2.54. The number of halogens is 3. The highest BCUT2D eigenvalue weighted by Crippen LogP contribution is 2.58. The van der Waals surface area contributed by atoms with Crippen LogP contribution in [0, 0.1) is 25.7 Å². The number of benzene rings is 2. The normalized spacial score (nSPS) is 25.4. The minimum Gasteiger partial charge on any atom is -0.453 e. The number of amides is 2. The van der Waals surface area contributed by atoms with E-state index in [1.165, 1.54) is 0 Å². The fourth-order valence-corrected chi connectivity index (χ4v) is 7.30. The van der Waals surface area contributed by atoms with Gasteiger partial charge in [0.1, 0.15) is 16.9 Å². The van der Waals surface area contributed by atoms with Gasteiger partial charge in [0.2, 0.25) is 11.8 Å². The highest BCUT2D eigenvalue weighted by atomic mass is 79.9. The number of hydrogen-bond donors (Lipinski definition) is 2. The Bertz CT molecular complexity index is 1630. The lowest BCUT2D eigenvalue weighted by Gasteiger charge is -2.49. The van der Waals surface area contributed by atoms with E-state index in [2.05, 4.69) is 37.7 Å². The topological polar surface area (TPSA) is 85.2 Å². The maximum Gasteiger partial charge on any atom is 0.237 e. The molecule has 10 heteroatoms. The third-order valence-corrected chi connectivity index (χ3v) is 9.33. The molecule has 206 valence electrons. The van der Waals surface area contributed by atoms with Crippen LogP contribution in [0.3, 0.4) is 0 Å². The molecule has 1 unspecified atom stereocenters. The number of anilines is 1. The van der Waals surface area contributed by atoms with Gasteiger partial charge < -0.3 is 15.4 Å². The summed E-state index contributed by atoms with van der Waals surface area (Å²) < 4.78 is 9.08. The summed E-state index contributed by atoms with van der Waals surface area (Å²) in [4.78, 5) is 27.8. The summed E-state index contributed by atoms with van der Waals surface area (Å²) in [6.07, 6.45) is 6.51. The zero-order valence-corrected chi connectivity index (χ0v) is 25.2. The molecule has 6 rings (SSSR count). The zero-order chi connectivity index (χ0) is 28.3. The Morgan fingerprint density at radius 3 is 2.65 bits per heavy atom. The van der Waals surface area contributed by atoms with Crippen LogP contribution < -0.4 is 15.4 Å². The van der Waals surface area contributed by atoms with Crippen molar-refractivity contribution < 1.29 is 14.3 Å². The van der Waals surface area contributed by atoms with E-state index in [1.807, 2.05) is 57.3 Å². The van der Waals surface area contributed by atoms with Crippen LogP contribution in [0.1, 0.15) is 41.4 Å². The van der Waals surface area contributed by atoms with Crippen LogP contribution in [-0.2, 0) is 22.1 Å². The number of allylic oxidation sites excluding steroid dienone is 4. The Labute approximate surface area is 250 Å². The van der Waals surface area contributed by atoms with E-state index in [4.69, 9.17) is 27.9 Å². The second-order valence-electron chi connectivity index (χ2n) is 10.6. The lowest BCUT2D eigenvalue weighted by atomic mass is 9.57. The third kappa shape index (κ3) is 4.28. The van der Waals surface area contributed by atoms with Gasteiger partial charge in [-0.1, -0.05) is 57.4 Å². The summed E-state index contributed by atoms with van der Waals surface area (Å²) in [5, 5.41) is 12.0. The predicted molar refractivity (Wildman–Crippen MR) is 159 cm³/mol. The van der Waals surface area contributed by atoms with Gasteiger partial charge in [0, 0.05) is 39.2 Å². The lowest BCUT2D eigenvalue weighted by Crippen LogP contribution is -2.59. The first kappa shape index (κ1) is 27.1. The molecule has 7 nitrogen and oxygen atoms in total. The molecule has 40 heavy (non-hydrogen) atoms. The van der Waals surface area contributed by atoms with Crippen molar-refractivity contribution in [3.63, 3.8) is 0 Å². The monoisotopic (exact) mass is 640 g/mol. The van der Waals surface area contributed by atoms with Crippen LogP contribution in [0.15, 0.2) is 64.1 Å². The van der Waals surface area contributed by atoms with Crippen molar-refractivity contribution >= 4 is 56.6 Å². The van der Waals surface area contributed by atoms with E-state index in [1.54, 1.807) is 16.8 Å². The number of nitrogens with one attached hydrogen (secondary N) is 2. The summed E-state index contributed by atoms with van der Waals surface area (Å²) in [6, 6.07) is 10.3. The molecule has 1 aromatic heterocycles. The van der Waals surface area contributed by atoms with Gasteiger partial charge in [0.25, 0.3) is 0 Å². The van der Waals surface area contributed by atoms with Crippen molar-refractivity contribution in [2.45, 2.75) is 38.1 Å². The molecule has 0 saturated carbocycles. The van der Waals surface area contributed by atoms with Gasteiger partial charge in [0.05, 0.1) is 11.7 Å². The number of nitrogens with zero attached hydrogens (tertiary/aromatic N) is 2. The smallest absolute Gasteiger partial charge is 0.237 e. The van der Waals surface area contributed by atoms with Crippen molar-refractivity contribution in [1.82, 2.24) is 15.1 Å². The largest absolute Gasteiger partial charge is 0.453 e. The first-order valence-electron chi connectivity index (χ1n) is 13.0. The van der Waals surface area contributed by atoms with Crippen LogP contribution in [0.5, 0.6) is 11.5 Å². The van der Waals surface area contributed by atoms with Crippen LogP contribution in [-0.4, -0.2) is 21.6 Å². The van der Waals surface area contributed by atoms with Crippen molar-refractivity contribution in [3.8, 4) is 11.5 Å². The molecule has 1 saturated heterocycles. The molecule has 1 aliphatic carbocycles. The average molecular weight is 642 g/mol. The molecule has 3 aromatic rings. The SMILES string of the molecule is Cc1nn(C)c(C)c1Oc1ccc(Br)cc1[C@H]1NC(=O)C[C@@H](C2C=CC=C(Cl)C2)[C@]12C(=O)Nc1cc(Cl)ccc12. The highest BCUT2D eigenvalue weighted by Gasteiger charge is 2.62. The number of carbonyl (C=O) groups excluding carboxylic acids is 2. The molecule has 4 atom stereocenters. The van der Waals surface area contributed by atoms with Gasteiger partial charge in [-0.05, 0) is 74.1 Å². The van der Waals surface area contributed by atoms with Crippen molar-refractivity contribution in [2.24, 2.45) is 18.9 Å². The van der Waals surface area contributed by atoms with Gasteiger partial charge >= 0.3 is 0 Å². The minimum atomic E-state index is -1.16. The molecule has 0 bridgehead atoms. The quantitative estimate of drug-likeness (QED) is 0.321.